The van der Waals surface area contributed by atoms with Crippen molar-refractivity contribution in [1.29, 1.82) is 0 Å². The van der Waals surface area contributed by atoms with Crippen molar-refractivity contribution in [3.8, 4) is 23.0 Å². The molecule has 164 valence electrons. The quantitative estimate of drug-likeness (QED) is 0.336. The molecule has 1 heterocycles. The van der Waals surface area contributed by atoms with Crippen LogP contribution in [0.3, 0.4) is 0 Å². The molecule has 0 bridgehead atoms. The second kappa shape index (κ2) is 9.89. The number of para-hydroxylation sites is 1. The molecule has 0 aliphatic carbocycles. The van der Waals surface area contributed by atoms with E-state index in [4.69, 9.17) is 14.2 Å². The van der Waals surface area contributed by atoms with Gasteiger partial charge >= 0.3 is 0 Å². The number of rotatable bonds is 9. The van der Waals surface area contributed by atoms with E-state index in [2.05, 4.69) is 10.3 Å². The summed E-state index contributed by atoms with van der Waals surface area (Å²) in [6, 6.07) is 19.3. The van der Waals surface area contributed by atoms with E-state index < -0.39 is 0 Å². The summed E-state index contributed by atoms with van der Waals surface area (Å²) >= 11 is 0. The summed E-state index contributed by atoms with van der Waals surface area (Å²) in [6.45, 7) is 0.661. The number of ether oxygens (including phenoxy) is 3. The lowest BCUT2D eigenvalue weighted by atomic mass is 10.1. The maximum absolute atomic E-state index is 12.4. The van der Waals surface area contributed by atoms with E-state index in [0.29, 0.717) is 35.8 Å². The summed E-state index contributed by atoms with van der Waals surface area (Å²) in [5.41, 5.74) is 2.53. The van der Waals surface area contributed by atoms with E-state index in [-0.39, 0.29) is 18.4 Å². The number of nitrogens with one attached hydrogen (secondary N) is 2. The topological polar surface area (TPSA) is 92.8 Å². The van der Waals surface area contributed by atoms with Gasteiger partial charge in [0.2, 0.25) is 0 Å². The van der Waals surface area contributed by atoms with Crippen LogP contribution in [0, 0.1) is 0 Å². The number of H-pyrrole nitrogens is 1. The van der Waals surface area contributed by atoms with Crippen LogP contribution in [-0.2, 0) is 11.2 Å². The van der Waals surface area contributed by atoms with E-state index >= 15 is 0 Å². The van der Waals surface area contributed by atoms with Crippen molar-refractivity contribution in [3.05, 3.63) is 84.1 Å². The molecule has 1 aromatic heterocycles. The Bertz CT molecular complexity index is 1180. The second-order valence-corrected chi connectivity index (χ2v) is 7.17. The Hall–Kier alpha value is -3.97. The molecule has 0 radical (unpaired) electrons. The number of hydrogen-bond acceptors (Lipinski definition) is 5. The van der Waals surface area contributed by atoms with Crippen LogP contribution in [0.15, 0.2) is 72.9 Å². The minimum absolute atomic E-state index is 0.139. The van der Waals surface area contributed by atoms with Gasteiger partial charge in [0, 0.05) is 30.8 Å². The summed E-state index contributed by atoms with van der Waals surface area (Å²) in [4.78, 5) is 15.7. The Morgan fingerprint density at radius 3 is 2.50 bits per heavy atom. The highest BCUT2D eigenvalue weighted by Gasteiger charge is 2.11. The largest absolute Gasteiger partial charge is 0.508 e. The minimum atomic E-state index is -0.139. The Morgan fingerprint density at radius 2 is 1.75 bits per heavy atom. The highest BCUT2D eigenvalue weighted by molar-refractivity contribution is 5.94. The van der Waals surface area contributed by atoms with E-state index in [0.717, 1.165) is 16.5 Å². The van der Waals surface area contributed by atoms with Crippen LogP contribution in [0.4, 0.5) is 0 Å². The number of phenolic OH excluding ortho intramolecular Hbond substituents is 1. The lowest BCUT2D eigenvalue weighted by Gasteiger charge is -2.08. The average molecular weight is 432 g/mol. The normalized spacial score (nSPS) is 10.8. The molecule has 0 aliphatic rings. The van der Waals surface area contributed by atoms with Gasteiger partial charge < -0.3 is 29.6 Å². The van der Waals surface area contributed by atoms with Crippen LogP contribution in [0.25, 0.3) is 10.9 Å². The molecule has 0 atom stereocenters. The van der Waals surface area contributed by atoms with Gasteiger partial charge in [-0.05, 0) is 66.6 Å². The standard InChI is InChI=1S/C25H24N2O5/c1-30-16-31-20-9-5-17(6-10-20)25(29)26-14-13-18-15-27-24-22(18)3-2-4-23(24)32-21-11-7-19(28)8-12-21/h2-12,15,27-28H,13-14,16H2,1H3,(H,26,29). The molecular weight excluding hydrogens is 408 g/mol. The van der Waals surface area contributed by atoms with Crippen molar-refractivity contribution >= 4 is 16.8 Å². The molecule has 7 heteroatoms. The predicted molar refractivity (Wildman–Crippen MR) is 121 cm³/mol. The van der Waals surface area contributed by atoms with Crippen molar-refractivity contribution < 1.29 is 24.1 Å². The minimum Gasteiger partial charge on any atom is -0.508 e. The van der Waals surface area contributed by atoms with Gasteiger partial charge in [0.1, 0.15) is 17.2 Å². The van der Waals surface area contributed by atoms with Gasteiger partial charge in [-0.3, -0.25) is 4.79 Å². The maximum Gasteiger partial charge on any atom is 0.251 e. The third kappa shape index (κ3) is 5.01. The van der Waals surface area contributed by atoms with Crippen molar-refractivity contribution in [2.75, 3.05) is 20.4 Å². The molecule has 4 rings (SSSR count). The van der Waals surface area contributed by atoms with Crippen molar-refractivity contribution in [1.82, 2.24) is 10.3 Å². The molecule has 0 unspecified atom stereocenters. The number of aromatic hydroxyl groups is 1. The molecule has 0 fully saturated rings. The van der Waals surface area contributed by atoms with Crippen LogP contribution in [0.1, 0.15) is 15.9 Å². The number of carbonyl (C=O) groups is 1. The van der Waals surface area contributed by atoms with Gasteiger partial charge in [0.15, 0.2) is 12.5 Å². The van der Waals surface area contributed by atoms with Crippen LogP contribution in [0.5, 0.6) is 23.0 Å². The predicted octanol–water partition coefficient (Wildman–Crippen LogP) is 4.62. The number of aromatic nitrogens is 1. The summed E-state index contributed by atoms with van der Waals surface area (Å²) in [5.74, 6) is 2.03. The Balaban J connectivity index is 1.37. The van der Waals surface area contributed by atoms with Gasteiger partial charge in [-0.1, -0.05) is 12.1 Å². The van der Waals surface area contributed by atoms with Crippen molar-refractivity contribution in [3.63, 3.8) is 0 Å². The fourth-order valence-electron chi connectivity index (χ4n) is 3.36. The van der Waals surface area contributed by atoms with E-state index in [1.54, 1.807) is 55.6 Å². The van der Waals surface area contributed by atoms with Gasteiger partial charge in [0.25, 0.3) is 5.91 Å². The summed E-state index contributed by atoms with van der Waals surface area (Å²) in [5, 5.41) is 13.4. The van der Waals surface area contributed by atoms with E-state index in [9.17, 15) is 9.90 Å². The zero-order chi connectivity index (χ0) is 22.3. The Kier molecular flexibility index (Phi) is 6.57. The van der Waals surface area contributed by atoms with Crippen LogP contribution < -0.4 is 14.8 Å². The zero-order valence-corrected chi connectivity index (χ0v) is 17.6. The lowest BCUT2D eigenvalue weighted by molar-refractivity contribution is 0.0511. The molecule has 3 N–H and O–H groups in total. The maximum atomic E-state index is 12.4. The SMILES string of the molecule is COCOc1ccc(C(=O)NCCc2c[nH]c3c(Oc4ccc(O)cc4)cccc23)cc1. The van der Waals surface area contributed by atoms with Crippen molar-refractivity contribution in [2.45, 2.75) is 6.42 Å². The first kappa shape index (κ1) is 21.3. The first-order valence-corrected chi connectivity index (χ1v) is 10.2. The number of aromatic amines is 1. The Labute approximate surface area is 185 Å². The molecule has 4 aromatic rings. The second-order valence-electron chi connectivity index (χ2n) is 7.17. The summed E-state index contributed by atoms with van der Waals surface area (Å²) in [6.07, 6.45) is 2.60. The molecule has 7 nitrogen and oxygen atoms in total. The number of phenols is 1. The van der Waals surface area contributed by atoms with Crippen LogP contribution >= 0.6 is 0 Å². The highest BCUT2D eigenvalue weighted by atomic mass is 16.7. The van der Waals surface area contributed by atoms with Crippen molar-refractivity contribution in [2.24, 2.45) is 0 Å². The fourth-order valence-corrected chi connectivity index (χ4v) is 3.36. The molecule has 3 aromatic carbocycles. The smallest absolute Gasteiger partial charge is 0.251 e. The molecule has 1 amide bonds. The first-order valence-electron chi connectivity index (χ1n) is 10.2. The lowest BCUT2D eigenvalue weighted by Crippen LogP contribution is -2.25. The third-order valence-electron chi connectivity index (χ3n) is 4.97. The van der Waals surface area contributed by atoms with Crippen LogP contribution in [-0.4, -0.2) is 36.4 Å². The number of carbonyl (C=O) groups excluding carboxylic acids is 1. The number of methoxy groups -OCH3 is 1. The van der Waals surface area contributed by atoms with E-state index in [1.807, 2.05) is 24.4 Å². The highest BCUT2D eigenvalue weighted by Crippen LogP contribution is 2.31. The van der Waals surface area contributed by atoms with Gasteiger partial charge in [-0.2, -0.15) is 0 Å². The zero-order valence-electron chi connectivity index (χ0n) is 17.6. The molecule has 0 aliphatic heterocycles. The molecular formula is C25H24N2O5. The summed E-state index contributed by atoms with van der Waals surface area (Å²) < 4.78 is 16.2. The number of hydrogen-bond donors (Lipinski definition) is 3. The van der Waals surface area contributed by atoms with Gasteiger partial charge in [0.05, 0.1) is 5.52 Å². The molecule has 32 heavy (non-hydrogen) atoms. The number of fused-ring (bicyclic) bond motifs is 1. The monoisotopic (exact) mass is 432 g/mol. The van der Waals surface area contributed by atoms with Gasteiger partial charge in [-0.25, -0.2) is 0 Å². The molecule has 0 spiro atoms. The summed E-state index contributed by atoms with van der Waals surface area (Å²) in [7, 11) is 1.55. The third-order valence-corrected chi connectivity index (χ3v) is 4.97. The number of benzene rings is 3. The Morgan fingerprint density at radius 1 is 1.00 bits per heavy atom. The first-order chi connectivity index (χ1) is 15.6. The van der Waals surface area contributed by atoms with Crippen LogP contribution in [0.2, 0.25) is 0 Å². The van der Waals surface area contributed by atoms with Gasteiger partial charge in [-0.15, -0.1) is 0 Å². The number of amides is 1. The average Bonchev–Trinajstić information content (AvgIpc) is 3.23. The fraction of sp³-hybridized carbons (Fsp3) is 0.160. The van der Waals surface area contributed by atoms with E-state index in [1.165, 1.54) is 0 Å². The molecule has 0 saturated carbocycles. The molecule has 0 saturated heterocycles.